The normalized spacial score (nSPS) is 10.4. The third-order valence-electron chi connectivity index (χ3n) is 3.25. The fourth-order valence-electron chi connectivity index (χ4n) is 2.14. The van der Waals surface area contributed by atoms with Crippen LogP contribution < -0.4 is 11.1 Å². The summed E-state index contributed by atoms with van der Waals surface area (Å²) in [5, 5.41) is 4.84. The van der Waals surface area contributed by atoms with Crippen LogP contribution in [0.15, 0.2) is 60.2 Å². The molecule has 0 bridgehead atoms. The zero-order chi connectivity index (χ0) is 15.4. The number of aromatic nitrogens is 1. The Morgan fingerprint density at radius 2 is 1.95 bits per heavy atom. The van der Waals surface area contributed by atoms with E-state index in [-0.39, 0.29) is 12.3 Å². The first kappa shape index (κ1) is 14.3. The predicted molar refractivity (Wildman–Crippen MR) is 90.7 cm³/mol. The molecular weight excluding hydrogens is 294 g/mol. The van der Waals surface area contributed by atoms with E-state index in [1.807, 2.05) is 41.8 Å². The van der Waals surface area contributed by atoms with Gasteiger partial charge >= 0.3 is 0 Å². The number of nitrogen functional groups attached to an aromatic ring is 1. The maximum Gasteiger partial charge on any atom is 0.228 e. The van der Waals surface area contributed by atoms with Crippen molar-refractivity contribution in [3.8, 4) is 10.4 Å². The van der Waals surface area contributed by atoms with Gasteiger partial charge in [-0.05, 0) is 35.4 Å². The van der Waals surface area contributed by atoms with E-state index >= 15 is 0 Å². The van der Waals surface area contributed by atoms with Crippen LogP contribution in [0.2, 0.25) is 0 Å². The number of thiophene rings is 1. The molecule has 0 spiro atoms. The van der Waals surface area contributed by atoms with Gasteiger partial charge in [0, 0.05) is 28.3 Å². The van der Waals surface area contributed by atoms with Crippen LogP contribution >= 0.6 is 11.3 Å². The molecule has 0 fully saturated rings. The van der Waals surface area contributed by atoms with Gasteiger partial charge in [0.15, 0.2) is 0 Å². The standard InChI is InChI=1S/C17H15N3OS/c18-15-4-2-1-3-13(15)9-17(21)20-14-10-16(22-11-14)12-5-7-19-8-6-12/h1-8,10-11H,9,18H2,(H,20,21). The van der Waals surface area contributed by atoms with Crippen LogP contribution in [0.1, 0.15) is 5.56 Å². The molecular formula is C17H15N3OS. The molecule has 2 aromatic heterocycles. The average Bonchev–Trinajstić information content (AvgIpc) is 2.99. The van der Waals surface area contributed by atoms with Crippen LogP contribution in [0.4, 0.5) is 11.4 Å². The molecule has 1 amide bonds. The van der Waals surface area contributed by atoms with Crippen LogP contribution in [-0.2, 0) is 11.2 Å². The highest BCUT2D eigenvalue weighted by Gasteiger charge is 2.08. The van der Waals surface area contributed by atoms with E-state index in [2.05, 4.69) is 10.3 Å². The number of hydrogen-bond acceptors (Lipinski definition) is 4. The molecule has 0 aliphatic heterocycles. The van der Waals surface area contributed by atoms with E-state index in [4.69, 9.17) is 5.73 Å². The summed E-state index contributed by atoms with van der Waals surface area (Å²) >= 11 is 1.59. The predicted octanol–water partition coefficient (Wildman–Crippen LogP) is 3.57. The second kappa shape index (κ2) is 6.41. The van der Waals surface area contributed by atoms with Gasteiger partial charge in [0.1, 0.15) is 0 Å². The minimum Gasteiger partial charge on any atom is -0.398 e. The number of nitrogens with one attached hydrogen (secondary N) is 1. The molecule has 3 rings (SSSR count). The van der Waals surface area contributed by atoms with Gasteiger partial charge in [-0.2, -0.15) is 0 Å². The number of para-hydroxylation sites is 1. The number of carbonyl (C=O) groups excluding carboxylic acids is 1. The Morgan fingerprint density at radius 1 is 1.18 bits per heavy atom. The van der Waals surface area contributed by atoms with E-state index in [0.29, 0.717) is 5.69 Å². The van der Waals surface area contributed by atoms with Gasteiger partial charge in [0.25, 0.3) is 0 Å². The summed E-state index contributed by atoms with van der Waals surface area (Å²) in [6.07, 6.45) is 3.78. The molecule has 0 unspecified atom stereocenters. The Morgan fingerprint density at radius 3 is 2.73 bits per heavy atom. The van der Waals surface area contributed by atoms with Gasteiger partial charge < -0.3 is 11.1 Å². The van der Waals surface area contributed by atoms with E-state index in [1.165, 1.54) is 0 Å². The zero-order valence-corrected chi connectivity index (χ0v) is 12.6. The highest BCUT2D eigenvalue weighted by Crippen LogP contribution is 2.29. The minimum atomic E-state index is -0.0722. The van der Waals surface area contributed by atoms with E-state index in [9.17, 15) is 4.79 Å². The molecule has 0 aliphatic rings. The summed E-state index contributed by atoms with van der Waals surface area (Å²) in [6.45, 7) is 0. The largest absolute Gasteiger partial charge is 0.398 e. The molecule has 1 aromatic carbocycles. The van der Waals surface area contributed by atoms with Gasteiger partial charge in [0.05, 0.1) is 12.1 Å². The molecule has 0 radical (unpaired) electrons. The van der Waals surface area contributed by atoms with Crippen LogP contribution in [0.3, 0.4) is 0 Å². The smallest absolute Gasteiger partial charge is 0.228 e. The lowest BCUT2D eigenvalue weighted by Gasteiger charge is -2.05. The van der Waals surface area contributed by atoms with Crippen LogP contribution in [0, 0.1) is 0 Å². The Labute approximate surface area is 132 Å². The van der Waals surface area contributed by atoms with E-state index < -0.39 is 0 Å². The monoisotopic (exact) mass is 309 g/mol. The van der Waals surface area contributed by atoms with Crippen molar-refractivity contribution < 1.29 is 4.79 Å². The van der Waals surface area contributed by atoms with Crippen molar-refractivity contribution in [2.24, 2.45) is 0 Å². The first-order valence-corrected chi connectivity index (χ1v) is 7.72. The highest BCUT2D eigenvalue weighted by atomic mass is 32.1. The van der Waals surface area contributed by atoms with Crippen molar-refractivity contribution in [3.63, 3.8) is 0 Å². The molecule has 4 nitrogen and oxygen atoms in total. The summed E-state index contributed by atoms with van der Waals surface area (Å²) < 4.78 is 0. The fourth-order valence-corrected chi connectivity index (χ4v) is 2.99. The quantitative estimate of drug-likeness (QED) is 0.724. The van der Waals surface area contributed by atoms with Gasteiger partial charge in [-0.25, -0.2) is 0 Å². The van der Waals surface area contributed by atoms with Crippen molar-refractivity contribution in [3.05, 3.63) is 65.8 Å². The molecule has 3 aromatic rings. The Balaban J connectivity index is 1.68. The second-order valence-corrected chi connectivity index (χ2v) is 5.77. The lowest BCUT2D eigenvalue weighted by Crippen LogP contribution is -2.14. The van der Waals surface area contributed by atoms with E-state index in [1.54, 1.807) is 29.8 Å². The van der Waals surface area contributed by atoms with Crippen LogP contribution in [0.5, 0.6) is 0 Å². The van der Waals surface area contributed by atoms with Crippen molar-refractivity contribution in [2.45, 2.75) is 6.42 Å². The second-order valence-electron chi connectivity index (χ2n) is 4.86. The van der Waals surface area contributed by atoms with Crippen molar-refractivity contribution in [1.29, 1.82) is 0 Å². The molecule has 0 aliphatic carbocycles. The fraction of sp³-hybridized carbons (Fsp3) is 0.0588. The molecule has 2 heterocycles. The third-order valence-corrected chi connectivity index (χ3v) is 4.23. The van der Waals surface area contributed by atoms with Crippen molar-refractivity contribution in [2.75, 3.05) is 11.1 Å². The van der Waals surface area contributed by atoms with Gasteiger partial charge in [-0.3, -0.25) is 9.78 Å². The molecule has 0 atom stereocenters. The van der Waals surface area contributed by atoms with E-state index in [0.717, 1.165) is 21.7 Å². The minimum absolute atomic E-state index is 0.0722. The topological polar surface area (TPSA) is 68.0 Å². The molecule has 3 N–H and O–H groups in total. The number of anilines is 2. The van der Waals surface area contributed by atoms with Crippen LogP contribution in [-0.4, -0.2) is 10.9 Å². The molecule has 5 heteroatoms. The highest BCUT2D eigenvalue weighted by molar-refractivity contribution is 7.14. The number of nitrogens with two attached hydrogens (primary N) is 1. The van der Waals surface area contributed by atoms with Crippen molar-refractivity contribution >= 4 is 28.6 Å². The third kappa shape index (κ3) is 3.32. The molecule has 110 valence electrons. The number of nitrogens with zero attached hydrogens (tertiary/aromatic N) is 1. The maximum atomic E-state index is 12.1. The lowest BCUT2D eigenvalue weighted by molar-refractivity contribution is -0.115. The van der Waals surface area contributed by atoms with Gasteiger partial charge in [0.2, 0.25) is 5.91 Å². The number of benzene rings is 1. The zero-order valence-electron chi connectivity index (χ0n) is 11.8. The number of carbonyl (C=O) groups is 1. The Hall–Kier alpha value is -2.66. The summed E-state index contributed by atoms with van der Waals surface area (Å²) in [5.41, 5.74) is 9.23. The first-order chi connectivity index (χ1) is 10.7. The maximum absolute atomic E-state index is 12.1. The van der Waals surface area contributed by atoms with Gasteiger partial charge in [-0.15, -0.1) is 11.3 Å². The molecule has 0 saturated heterocycles. The SMILES string of the molecule is Nc1ccccc1CC(=O)Nc1csc(-c2ccncc2)c1. The summed E-state index contributed by atoms with van der Waals surface area (Å²) in [6, 6.07) is 13.3. The first-order valence-electron chi connectivity index (χ1n) is 6.84. The number of rotatable bonds is 4. The number of amides is 1. The summed E-state index contributed by atoms with van der Waals surface area (Å²) in [5.74, 6) is -0.0722. The Kier molecular flexibility index (Phi) is 4.16. The molecule has 22 heavy (non-hydrogen) atoms. The van der Waals surface area contributed by atoms with Crippen LogP contribution in [0.25, 0.3) is 10.4 Å². The lowest BCUT2D eigenvalue weighted by atomic mass is 10.1. The summed E-state index contributed by atoms with van der Waals surface area (Å²) in [7, 11) is 0. The van der Waals surface area contributed by atoms with Crippen molar-refractivity contribution in [1.82, 2.24) is 4.98 Å². The summed E-state index contributed by atoms with van der Waals surface area (Å²) in [4.78, 5) is 17.2. The number of hydrogen-bond donors (Lipinski definition) is 2. The van der Waals surface area contributed by atoms with Gasteiger partial charge in [-0.1, -0.05) is 18.2 Å². The molecule has 0 saturated carbocycles. The average molecular weight is 309 g/mol. The Bertz CT molecular complexity index is 783. The number of pyridine rings is 1.